The Bertz CT molecular complexity index is 337. The fraction of sp³-hybridized carbons (Fsp3) is 0.692. The van der Waals surface area contributed by atoms with Crippen LogP contribution in [0.4, 0.5) is 5.82 Å². The van der Waals surface area contributed by atoms with Crippen molar-refractivity contribution < 1.29 is 0 Å². The number of aromatic nitrogens is 2. The smallest absolute Gasteiger partial charge is 0.151 e. The normalized spacial score (nSPS) is 11.9. The summed E-state index contributed by atoms with van der Waals surface area (Å²) in [5.41, 5.74) is 6.80. The fourth-order valence-electron chi connectivity index (χ4n) is 1.78. The molecule has 0 aliphatic heterocycles. The van der Waals surface area contributed by atoms with Crippen LogP contribution < -0.4 is 10.6 Å². The van der Waals surface area contributed by atoms with E-state index in [4.69, 9.17) is 5.73 Å². The lowest BCUT2D eigenvalue weighted by molar-refractivity contribution is 0.516. The highest BCUT2D eigenvalue weighted by molar-refractivity contribution is 5.36. The first-order valence-electron chi connectivity index (χ1n) is 6.10. The third-order valence-electron chi connectivity index (χ3n) is 2.36. The van der Waals surface area contributed by atoms with E-state index in [2.05, 4.69) is 24.0 Å². The maximum Gasteiger partial charge on any atom is 0.151 e. The van der Waals surface area contributed by atoms with Gasteiger partial charge in [0.2, 0.25) is 0 Å². The van der Waals surface area contributed by atoms with Gasteiger partial charge in [-0.1, -0.05) is 13.8 Å². The number of nitrogens with zero attached hydrogens (tertiary/aromatic N) is 3. The van der Waals surface area contributed by atoms with Crippen LogP contribution in [0.3, 0.4) is 0 Å². The highest BCUT2D eigenvalue weighted by Gasteiger charge is 2.15. The molecule has 0 fully saturated rings. The zero-order chi connectivity index (χ0) is 13.1. The van der Waals surface area contributed by atoms with Gasteiger partial charge in [-0.05, 0) is 38.3 Å². The minimum Gasteiger partial charge on any atom is -0.356 e. The molecule has 4 nitrogen and oxygen atoms in total. The van der Waals surface area contributed by atoms with E-state index in [9.17, 15) is 0 Å². The summed E-state index contributed by atoms with van der Waals surface area (Å²) in [6.45, 7) is 9.12. The molecule has 0 radical (unpaired) electrons. The molecule has 0 aliphatic carbocycles. The molecule has 1 heterocycles. The summed E-state index contributed by atoms with van der Waals surface area (Å²) < 4.78 is 0. The predicted octanol–water partition coefficient (Wildman–Crippen LogP) is 1.85. The van der Waals surface area contributed by atoms with Gasteiger partial charge in [-0.25, -0.2) is 0 Å². The van der Waals surface area contributed by atoms with Crippen LogP contribution in [0.2, 0.25) is 0 Å². The van der Waals surface area contributed by atoms with Gasteiger partial charge < -0.3 is 10.6 Å². The molecule has 0 saturated heterocycles. The van der Waals surface area contributed by atoms with Crippen molar-refractivity contribution in [2.75, 3.05) is 18.5 Å². The fourth-order valence-corrected chi connectivity index (χ4v) is 1.78. The second kappa shape index (κ2) is 5.45. The molecule has 0 saturated carbocycles. The molecule has 0 atom stereocenters. The lowest BCUT2D eigenvalue weighted by atomic mass is 10.1. The number of nitrogens with two attached hydrogens (primary N) is 1. The first kappa shape index (κ1) is 13.9. The maximum atomic E-state index is 5.98. The van der Waals surface area contributed by atoms with Gasteiger partial charge in [0.05, 0.1) is 5.69 Å². The molecular formula is C13H24N4. The van der Waals surface area contributed by atoms with Crippen molar-refractivity contribution in [3.05, 3.63) is 17.8 Å². The van der Waals surface area contributed by atoms with E-state index in [-0.39, 0.29) is 5.54 Å². The van der Waals surface area contributed by atoms with Gasteiger partial charge in [-0.3, -0.25) is 0 Å². The Kier molecular flexibility index (Phi) is 4.46. The quantitative estimate of drug-likeness (QED) is 0.847. The summed E-state index contributed by atoms with van der Waals surface area (Å²) >= 11 is 0. The van der Waals surface area contributed by atoms with Crippen molar-refractivity contribution in [2.45, 2.75) is 39.7 Å². The molecule has 1 rings (SSSR count). The minimum atomic E-state index is -0.229. The van der Waals surface area contributed by atoms with E-state index in [1.807, 2.05) is 37.9 Å². The van der Waals surface area contributed by atoms with E-state index in [0.717, 1.165) is 24.5 Å². The summed E-state index contributed by atoms with van der Waals surface area (Å²) in [4.78, 5) is 2.03. The van der Waals surface area contributed by atoms with Crippen LogP contribution in [0.25, 0.3) is 0 Å². The maximum absolute atomic E-state index is 5.98. The second-order valence-electron chi connectivity index (χ2n) is 5.83. The Balaban J connectivity index is 2.67. The Hall–Kier alpha value is -1.16. The number of hydrogen-bond acceptors (Lipinski definition) is 4. The summed E-state index contributed by atoms with van der Waals surface area (Å²) in [7, 11) is 1.99. The van der Waals surface area contributed by atoms with E-state index >= 15 is 0 Å². The molecule has 17 heavy (non-hydrogen) atoms. The Morgan fingerprint density at radius 2 is 1.94 bits per heavy atom. The van der Waals surface area contributed by atoms with Gasteiger partial charge in [0.1, 0.15) is 0 Å². The van der Waals surface area contributed by atoms with Gasteiger partial charge in [-0.2, -0.15) is 5.10 Å². The Morgan fingerprint density at radius 3 is 2.35 bits per heavy atom. The van der Waals surface area contributed by atoms with Crippen molar-refractivity contribution in [3.8, 4) is 0 Å². The molecule has 96 valence electrons. The SMILES string of the molecule is CC(C)Cc1ccc(N(C)CC(C)(C)N)nn1. The van der Waals surface area contributed by atoms with Crippen molar-refractivity contribution >= 4 is 5.82 Å². The highest BCUT2D eigenvalue weighted by atomic mass is 15.3. The van der Waals surface area contributed by atoms with Gasteiger partial charge >= 0.3 is 0 Å². The summed E-state index contributed by atoms with van der Waals surface area (Å²) in [5, 5.41) is 8.47. The van der Waals surface area contributed by atoms with Crippen LogP contribution in [0.15, 0.2) is 12.1 Å². The van der Waals surface area contributed by atoms with Crippen molar-refractivity contribution in [1.29, 1.82) is 0 Å². The second-order valence-corrected chi connectivity index (χ2v) is 5.83. The number of likely N-dealkylation sites (N-methyl/N-ethyl adjacent to an activating group) is 1. The molecule has 0 spiro atoms. The minimum absolute atomic E-state index is 0.229. The lowest BCUT2D eigenvalue weighted by Crippen LogP contribution is -2.44. The molecule has 2 N–H and O–H groups in total. The van der Waals surface area contributed by atoms with E-state index < -0.39 is 0 Å². The molecular weight excluding hydrogens is 212 g/mol. The Morgan fingerprint density at radius 1 is 1.29 bits per heavy atom. The Labute approximate surface area is 104 Å². The van der Waals surface area contributed by atoms with Gasteiger partial charge in [0, 0.05) is 19.1 Å². The third-order valence-corrected chi connectivity index (χ3v) is 2.36. The third kappa shape index (κ3) is 5.13. The first-order chi connectivity index (χ1) is 7.78. The van der Waals surface area contributed by atoms with Crippen molar-refractivity contribution in [1.82, 2.24) is 10.2 Å². The number of rotatable bonds is 5. The summed E-state index contributed by atoms with van der Waals surface area (Å²) in [5.74, 6) is 1.48. The number of hydrogen-bond donors (Lipinski definition) is 1. The predicted molar refractivity (Wildman–Crippen MR) is 72.1 cm³/mol. The molecule has 0 aliphatic rings. The molecule has 0 aromatic carbocycles. The summed E-state index contributed by atoms with van der Waals surface area (Å²) in [6, 6.07) is 4.05. The van der Waals surface area contributed by atoms with Crippen LogP contribution in [0.1, 0.15) is 33.4 Å². The van der Waals surface area contributed by atoms with Crippen LogP contribution >= 0.6 is 0 Å². The largest absolute Gasteiger partial charge is 0.356 e. The van der Waals surface area contributed by atoms with Crippen LogP contribution in [-0.4, -0.2) is 29.3 Å². The standard InChI is InChI=1S/C13H24N4/c1-10(2)8-11-6-7-12(16-15-11)17(5)9-13(3,4)14/h6-7,10H,8-9,14H2,1-5H3. The van der Waals surface area contributed by atoms with Gasteiger partial charge in [0.25, 0.3) is 0 Å². The van der Waals surface area contributed by atoms with Crippen molar-refractivity contribution in [2.24, 2.45) is 11.7 Å². The lowest BCUT2D eigenvalue weighted by Gasteiger charge is -2.27. The molecule has 0 amide bonds. The molecule has 1 aromatic rings. The zero-order valence-corrected chi connectivity index (χ0v) is 11.6. The van der Waals surface area contributed by atoms with E-state index in [0.29, 0.717) is 5.92 Å². The highest BCUT2D eigenvalue weighted by Crippen LogP contribution is 2.12. The van der Waals surface area contributed by atoms with E-state index in [1.54, 1.807) is 0 Å². The average molecular weight is 236 g/mol. The van der Waals surface area contributed by atoms with Crippen LogP contribution in [0, 0.1) is 5.92 Å². The zero-order valence-electron chi connectivity index (χ0n) is 11.6. The molecule has 0 unspecified atom stereocenters. The average Bonchev–Trinajstić information content (AvgIpc) is 2.15. The van der Waals surface area contributed by atoms with Crippen LogP contribution in [0.5, 0.6) is 0 Å². The monoisotopic (exact) mass is 236 g/mol. The summed E-state index contributed by atoms with van der Waals surface area (Å²) in [6.07, 6.45) is 0.972. The van der Waals surface area contributed by atoms with Gasteiger partial charge in [0.15, 0.2) is 5.82 Å². The molecule has 0 bridgehead atoms. The molecule has 4 heteroatoms. The van der Waals surface area contributed by atoms with Crippen LogP contribution in [-0.2, 0) is 6.42 Å². The topological polar surface area (TPSA) is 55.0 Å². The van der Waals surface area contributed by atoms with E-state index in [1.165, 1.54) is 0 Å². The van der Waals surface area contributed by atoms with Crippen molar-refractivity contribution in [3.63, 3.8) is 0 Å². The number of anilines is 1. The van der Waals surface area contributed by atoms with Gasteiger partial charge in [-0.15, -0.1) is 5.10 Å². The first-order valence-corrected chi connectivity index (χ1v) is 6.10. The molecule has 1 aromatic heterocycles.